The molecule has 1 saturated heterocycles. The van der Waals surface area contributed by atoms with Gasteiger partial charge in [-0.1, -0.05) is 0 Å². The quantitative estimate of drug-likeness (QED) is 0.847. The molecule has 0 amide bonds. The molecule has 22 heavy (non-hydrogen) atoms. The molecule has 0 radical (unpaired) electrons. The van der Waals surface area contributed by atoms with Crippen molar-refractivity contribution in [1.82, 2.24) is 14.3 Å². The first-order chi connectivity index (χ1) is 10.4. The lowest BCUT2D eigenvalue weighted by Gasteiger charge is -2.35. The van der Waals surface area contributed by atoms with Crippen molar-refractivity contribution in [2.24, 2.45) is 0 Å². The summed E-state index contributed by atoms with van der Waals surface area (Å²) in [4.78, 5) is 12.4. The lowest BCUT2D eigenvalue weighted by Crippen LogP contribution is -2.46. The number of pyridine rings is 1. The number of aryl methyl sites for hydroxylation is 1. The van der Waals surface area contributed by atoms with Crippen LogP contribution in [0.25, 0.3) is 0 Å². The second kappa shape index (κ2) is 5.71. The summed E-state index contributed by atoms with van der Waals surface area (Å²) in [6, 6.07) is 2.50. The van der Waals surface area contributed by atoms with Crippen LogP contribution in [0, 0.1) is 6.92 Å². The van der Waals surface area contributed by atoms with Crippen LogP contribution in [0.2, 0.25) is 0 Å². The van der Waals surface area contributed by atoms with E-state index in [9.17, 15) is 13.2 Å². The van der Waals surface area contributed by atoms with Crippen molar-refractivity contribution in [3.05, 3.63) is 29.7 Å². The van der Waals surface area contributed by atoms with Gasteiger partial charge in [0.1, 0.15) is 11.6 Å². The van der Waals surface area contributed by atoms with E-state index in [1.807, 2.05) is 11.8 Å². The monoisotopic (exact) mass is 329 g/mol. The van der Waals surface area contributed by atoms with Crippen LogP contribution < -0.4 is 9.80 Å². The maximum absolute atomic E-state index is 12.5. The van der Waals surface area contributed by atoms with Crippen molar-refractivity contribution < 1.29 is 13.2 Å². The van der Waals surface area contributed by atoms with E-state index in [1.165, 1.54) is 17.6 Å². The first kappa shape index (κ1) is 15.0. The molecule has 5 nitrogen and oxygen atoms in total. The number of halogens is 3. The molecular weight excluding hydrogens is 315 g/mol. The fourth-order valence-corrected chi connectivity index (χ4v) is 3.01. The normalized spacial score (nSPS) is 16.2. The molecule has 0 spiro atoms. The molecule has 118 valence electrons. The van der Waals surface area contributed by atoms with Crippen LogP contribution in [-0.2, 0) is 6.18 Å². The van der Waals surface area contributed by atoms with Crippen molar-refractivity contribution in [3.63, 3.8) is 0 Å². The fraction of sp³-hybridized carbons (Fsp3) is 0.462. The van der Waals surface area contributed by atoms with E-state index in [1.54, 1.807) is 0 Å². The molecule has 3 heterocycles. The standard InChI is InChI=1S/C13H14F3N5S/c1-9-18-12(22-19-9)21-6-4-20(5-7-21)11-3-2-10(8-17-11)13(14,15)16/h2-3,8H,4-7H2,1H3. The smallest absolute Gasteiger partial charge is 0.353 e. The molecule has 0 aromatic carbocycles. The molecule has 1 aliphatic heterocycles. The van der Waals surface area contributed by atoms with Gasteiger partial charge in [0.25, 0.3) is 0 Å². The summed E-state index contributed by atoms with van der Waals surface area (Å²) >= 11 is 1.36. The SMILES string of the molecule is Cc1nsc(N2CCN(c3ccc(C(F)(F)F)cn3)CC2)n1. The topological polar surface area (TPSA) is 45.2 Å². The number of alkyl halides is 3. The molecule has 1 aliphatic rings. The van der Waals surface area contributed by atoms with Crippen LogP contribution in [0.15, 0.2) is 18.3 Å². The van der Waals surface area contributed by atoms with E-state index in [2.05, 4.69) is 19.2 Å². The minimum atomic E-state index is -4.35. The second-order valence-electron chi connectivity index (χ2n) is 5.00. The number of rotatable bonds is 2. The van der Waals surface area contributed by atoms with Gasteiger partial charge in [0.15, 0.2) is 0 Å². The lowest BCUT2D eigenvalue weighted by molar-refractivity contribution is -0.137. The molecule has 0 bridgehead atoms. The maximum atomic E-state index is 12.5. The molecule has 0 atom stereocenters. The van der Waals surface area contributed by atoms with Gasteiger partial charge in [0, 0.05) is 43.9 Å². The van der Waals surface area contributed by atoms with E-state index in [0.29, 0.717) is 18.9 Å². The van der Waals surface area contributed by atoms with Gasteiger partial charge < -0.3 is 9.80 Å². The van der Waals surface area contributed by atoms with Crippen molar-refractivity contribution in [2.45, 2.75) is 13.1 Å². The van der Waals surface area contributed by atoms with Gasteiger partial charge in [-0.3, -0.25) is 0 Å². The molecule has 0 aliphatic carbocycles. The Morgan fingerprint density at radius 3 is 2.27 bits per heavy atom. The van der Waals surface area contributed by atoms with Gasteiger partial charge in [-0.15, -0.1) is 0 Å². The van der Waals surface area contributed by atoms with Crippen molar-refractivity contribution in [1.29, 1.82) is 0 Å². The Labute approximate surface area is 129 Å². The number of hydrogen-bond donors (Lipinski definition) is 0. The average Bonchev–Trinajstić information content (AvgIpc) is 2.93. The van der Waals surface area contributed by atoms with Crippen LogP contribution >= 0.6 is 11.5 Å². The van der Waals surface area contributed by atoms with Crippen molar-refractivity contribution in [3.8, 4) is 0 Å². The largest absolute Gasteiger partial charge is 0.417 e. The van der Waals surface area contributed by atoms with E-state index >= 15 is 0 Å². The molecule has 0 N–H and O–H groups in total. The molecule has 1 fully saturated rings. The minimum absolute atomic E-state index is 0.570. The first-order valence-corrected chi connectivity index (χ1v) is 7.54. The Bertz CT molecular complexity index is 632. The zero-order valence-electron chi connectivity index (χ0n) is 11.8. The number of aromatic nitrogens is 3. The average molecular weight is 329 g/mol. The van der Waals surface area contributed by atoms with Gasteiger partial charge in [0.05, 0.1) is 5.56 Å². The number of hydrogen-bond acceptors (Lipinski definition) is 6. The number of nitrogens with zero attached hydrogens (tertiary/aromatic N) is 5. The van der Waals surface area contributed by atoms with Crippen LogP contribution in [0.3, 0.4) is 0 Å². The molecule has 0 unspecified atom stereocenters. The third-order valence-electron chi connectivity index (χ3n) is 3.47. The second-order valence-corrected chi connectivity index (χ2v) is 5.73. The molecule has 0 saturated carbocycles. The lowest BCUT2D eigenvalue weighted by atomic mass is 10.2. The van der Waals surface area contributed by atoms with Gasteiger partial charge in [-0.05, 0) is 19.1 Å². The molecule has 9 heteroatoms. The van der Waals surface area contributed by atoms with E-state index in [4.69, 9.17) is 0 Å². The molecular formula is C13H14F3N5S. The highest BCUT2D eigenvalue weighted by Gasteiger charge is 2.31. The van der Waals surface area contributed by atoms with Gasteiger partial charge in [0.2, 0.25) is 5.13 Å². The zero-order valence-corrected chi connectivity index (χ0v) is 12.7. The molecule has 2 aromatic rings. The third kappa shape index (κ3) is 3.13. The van der Waals surface area contributed by atoms with Gasteiger partial charge in [-0.2, -0.15) is 17.5 Å². The van der Waals surface area contributed by atoms with Gasteiger partial charge in [-0.25, -0.2) is 9.97 Å². The summed E-state index contributed by atoms with van der Waals surface area (Å²) in [5.74, 6) is 1.33. The van der Waals surface area contributed by atoms with Crippen LogP contribution in [0.4, 0.5) is 24.1 Å². The Balaban J connectivity index is 1.64. The Kier molecular flexibility index (Phi) is 3.90. The summed E-state index contributed by atoms with van der Waals surface area (Å²) in [5.41, 5.74) is -0.723. The summed E-state index contributed by atoms with van der Waals surface area (Å²) < 4.78 is 41.8. The van der Waals surface area contributed by atoms with E-state index in [0.717, 1.165) is 36.3 Å². The van der Waals surface area contributed by atoms with Crippen molar-refractivity contribution in [2.75, 3.05) is 36.0 Å². The summed E-state index contributed by atoms with van der Waals surface area (Å²) in [7, 11) is 0. The highest BCUT2D eigenvalue weighted by atomic mass is 32.1. The third-order valence-corrected chi connectivity index (χ3v) is 4.33. The summed E-state index contributed by atoms with van der Waals surface area (Å²) in [6.45, 7) is 4.73. The highest BCUT2D eigenvalue weighted by molar-refractivity contribution is 7.09. The summed E-state index contributed by atoms with van der Waals surface area (Å²) in [5, 5.41) is 0.887. The Morgan fingerprint density at radius 1 is 1.09 bits per heavy atom. The van der Waals surface area contributed by atoms with E-state index < -0.39 is 11.7 Å². The highest BCUT2D eigenvalue weighted by Crippen LogP contribution is 2.29. The van der Waals surface area contributed by atoms with Crippen molar-refractivity contribution >= 4 is 22.5 Å². The predicted octanol–water partition coefficient (Wildman–Crippen LogP) is 2.59. The van der Waals surface area contributed by atoms with Crippen LogP contribution in [0.1, 0.15) is 11.4 Å². The fourth-order valence-electron chi connectivity index (χ4n) is 2.28. The van der Waals surface area contributed by atoms with Crippen LogP contribution in [0.5, 0.6) is 0 Å². The zero-order chi connectivity index (χ0) is 15.7. The minimum Gasteiger partial charge on any atom is -0.353 e. The summed E-state index contributed by atoms with van der Waals surface area (Å²) in [6.07, 6.45) is -3.46. The first-order valence-electron chi connectivity index (χ1n) is 6.77. The molecule has 3 rings (SSSR count). The van der Waals surface area contributed by atoms with E-state index in [-0.39, 0.29) is 0 Å². The number of piperazine rings is 1. The van der Waals surface area contributed by atoms with Gasteiger partial charge >= 0.3 is 6.18 Å². The molecule has 2 aromatic heterocycles. The Morgan fingerprint density at radius 2 is 1.77 bits per heavy atom. The Hall–Kier alpha value is -1.90. The number of anilines is 2. The predicted molar refractivity (Wildman–Crippen MR) is 78.3 cm³/mol. The van der Waals surface area contributed by atoms with Crippen LogP contribution in [-0.4, -0.2) is 40.5 Å². The maximum Gasteiger partial charge on any atom is 0.417 e.